The van der Waals surface area contributed by atoms with Gasteiger partial charge in [0.1, 0.15) is 6.54 Å². The molecule has 0 bridgehead atoms. The standard InChI is InChI=1S/C15H20N4O/c1-11-14(9-16-3)12(2)19(18-11)10-15(20)17-13-7-5-4-6-8-13/h4-8,16H,9-10H2,1-3H3,(H,17,20). The second-order valence-corrected chi connectivity index (χ2v) is 4.75. The molecule has 0 radical (unpaired) electrons. The molecule has 106 valence electrons. The summed E-state index contributed by atoms with van der Waals surface area (Å²) in [5, 5.41) is 10.4. The number of aryl methyl sites for hydroxylation is 1. The lowest BCUT2D eigenvalue weighted by molar-refractivity contribution is -0.116. The third-order valence-corrected chi connectivity index (χ3v) is 3.24. The van der Waals surface area contributed by atoms with Crippen LogP contribution >= 0.6 is 0 Å². The van der Waals surface area contributed by atoms with Crippen molar-refractivity contribution < 1.29 is 4.79 Å². The molecule has 2 N–H and O–H groups in total. The number of carbonyl (C=O) groups is 1. The summed E-state index contributed by atoms with van der Waals surface area (Å²) in [7, 11) is 1.90. The summed E-state index contributed by atoms with van der Waals surface area (Å²) < 4.78 is 1.75. The second-order valence-electron chi connectivity index (χ2n) is 4.75. The van der Waals surface area contributed by atoms with Crippen LogP contribution in [-0.2, 0) is 17.9 Å². The van der Waals surface area contributed by atoms with Crippen molar-refractivity contribution >= 4 is 11.6 Å². The minimum absolute atomic E-state index is 0.0715. The number of rotatable bonds is 5. The lowest BCUT2D eigenvalue weighted by atomic mass is 10.2. The fourth-order valence-electron chi connectivity index (χ4n) is 2.18. The van der Waals surface area contributed by atoms with Crippen LogP contribution in [0.1, 0.15) is 17.0 Å². The summed E-state index contributed by atoms with van der Waals surface area (Å²) in [4.78, 5) is 12.0. The maximum absolute atomic E-state index is 12.0. The van der Waals surface area contributed by atoms with Gasteiger partial charge in [0.25, 0.3) is 0 Å². The quantitative estimate of drug-likeness (QED) is 0.873. The van der Waals surface area contributed by atoms with Crippen LogP contribution in [0.25, 0.3) is 0 Å². The molecule has 5 heteroatoms. The van der Waals surface area contributed by atoms with Crippen LogP contribution in [0.3, 0.4) is 0 Å². The molecule has 2 aromatic rings. The molecule has 1 aromatic carbocycles. The molecule has 1 amide bonds. The van der Waals surface area contributed by atoms with Gasteiger partial charge in [-0.25, -0.2) is 0 Å². The van der Waals surface area contributed by atoms with Crippen LogP contribution in [-0.4, -0.2) is 22.7 Å². The molecule has 0 saturated heterocycles. The van der Waals surface area contributed by atoms with Crippen LogP contribution in [0, 0.1) is 13.8 Å². The molecular weight excluding hydrogens is 252 g/mol. The Morgan fingerprint density at radius 2 is 1.95 bits per heavy atom. The van der Waals surface area contributed by atoms with Crippen LogP contribution in [0.15, 0.2) is 30.3 Å². The highest BCUT2D eigenvalue weighted by Crippen LogP contribution is 2.13. The van der Waals surface area contributed by atoms with Crippen molar-refractivity contribution in [3.8, 4) is 0 Å². The molecule has 0 aliphatic carbocycles. The first-order chi connectivity index (χ1) is 9.61. The molecule has 0 aliphatic heterocycles. The monoisotopic (exact) mass is 272 g/mol. The summed E-state index contributed by atoms with van der Waals surface area (Å²) >= 11 is 0. The number of hydrogen-bond acceptors (Lipinski definition) is 3. The van der Waals surface area contributed by atoms with E-state index >= 15 is 0 Å². The number of benzene rings is 1. The zero-order chi connectivity index (χ0) is 14.5. The van der Waals surface area contributed by atoms with Gasteiger partial charge in [-0.3, -0.25) is 9.48 Å². The Labute approximate surface area is 119 Å². The Balaban J connectivity index is 2.06. The number of anilines is 1. The predicted molar refractivity (Wildman–Crippen MR) is 79.5 cm³/mol. The molecule has 2 rings (SSSR count). The lowest BCUT2D eigenvalue weighted by Crippen LogP contribution is -2.20. The average molecular weight is 272 g/mol. The molecule has 0 aliphatic rings. The van der Waals surface area contributed by atoms with E-state index in [4.69, 9.17) is 0 Å². The highest BCUT2D eigenvalue weighted by atomic mass is 16.2. The summed E-state index contributed by atoms with van der Waals surface area (Å²) in [6, 6.07) is 9.44. The molecule has 0 unspecified atom stereocenters. The Morgan fingerprint density at radius 3 is 2.60 bits per heavy atom. The van der Waals surface area contributed by atoms with Crippen molar-refractivity contribution in [1.82, 2.24) is 15.1 Å². The Morgan fingerprint density at radius 1 is 1.25 bits per heavy atom. The van der Waals surface area contributed by atoms with E-state index in [1.54, 1.807) is 4.68 Å². The smallest absolute Gasteiger partial charge is 0.246 e. The summed E-state index contributed by atoms with van der Waals surface area (Å²) in [5.74, 6) is -0.0715. The van der Waals surface area contributed by atoms with Crippen molar-refractivity contribution in [2.75, 3.05) is 12.4 Å². The number of nitrogens with one attached hydrogen (secondary N) is 2. The average Bonchev–Trinajstić information content (AvgIpc) is 2.68. The van der Waals surface area contributed by atoms with Crippen LogP contribution in [0.2, 0.25) is 0 Å². The third kappa shape index (κ3) is 3.24. The maximum atomic E-state index is 12.0. The van der Waals surface area contributed by atoms with Gasteiger partial charge in [0, 0.05) is 23.5 Å². The summed E-state index contributed by atoms with van der Waals surface area (Å²) in [6.45, 7) is 4.94. The zero-order valence-corrected chi connectivity index (χ0v) is 12.1. The van der Waals surface area contributed by atoms with Crippen molar-refractivity contribution in [1.29, 1.82) is 0 Å². The topological polar surface area (TPSA) is 59.0 Å². The van der Waals surface area contributed by atoms with Gasteiger partial charge in [-0.15, -0.1) is 0 Å². The SMILES string of the molecule is CNCc1c(C)nn(CC(=O)Nc2ccccc2)c1C. The molecule has 20 heavy (non-hydrogen) atoms. The van der Waals surface area contributed by atoms with Gasteiger partial charge in [-0.05, 0) is 33.0 Å². The first-order valence-corrected chi connectivity index (χ1v) is 6.64. The largest absolute Gasteiger partial charge is 0.324 e. The lowest BCUT2D eigenvalue weighted by Gasteiger charge is -2.07. The highest BCUT2D eigenvalue weighted by Gasteiger charge is 2.13. The van der Waals surface area contributed by atoms with Crippen molar-refractivity contribution in [3.05, 3.63) is 47.3 Å². The number of amides is 1. The van der Waals surface area contributed by atoms with Gasteiger partial charge in [-0.2, -0.15) is 5.10 Å². The number of para-hydroxylation sites is 1. The van der Waals surface area contributed by atoms with Gasteiger partial charge in [-0.1, -0.05) is 18.2 Å². The molecule has 0 saturated carbocycles. The van der Waals surface area contributed by atoms with E-state index in [2.05, 4.69) is 15.7 Å². The van der Waals surface area contributed by atoms with E-state index in [-0.39, 0.29) is 12.5 Å². The van der Waals surface area contributed by atoms with E-state index in [1.807, 2.05) is 51.2 Å². The maximum Gasteiger partial charge on any atom is 0.246 e. The first kappa shape index (κ1) is 14.3. The van der Waals surface area contributed by atoms with Gasteiger partial charge < -0.3 is 10.6 Å². The number of nitrogens with zero attached hydrogens (tertiary/aromatic N) is 2. The Bertz CT molecular complexity index is 589. The van der Waals surface area contributed by atoms with E-state index in [9.17, 15) is 4.79 Å². The van der Waals surface area contributed by atoms with Crippen molar-refractivity contribution in [2.24, 2.45) is 0 Å². The highest BCUT2D eigenvalue weighted by molar-refractivity contribution is 5.90. The minimum atomic E-state index is -0.0715. The van der Waals surface area contributed by atoms with E-state index in [1.165, 1.54) is 0 Å². The first-order valence-electron chi connectivity index (χ1n) is 6.64. The summed E-state index contributed by atoms with van der Waals surface area (Å²) in [6.07, 6.45) is 0. The number of hydrogen-bond donors (Lipinski definition) is 2. The molecule has 1 aromatic heterocycles. The minimum Gasteiger partial charge on any atom is -0.324 e. The van der Waals surface area contributed by atoms with Gasteiger partial charge >= 0.3 is 0 Å². The molecule has 5 nitrogen and oxygen atoms in total. The van der Waals surface area contributed by atoms with Gasteiger partial charge in [0.05, 0.1) is 5.69 Å². The van der Waals surface area contributed by atoms with Gasteiger partial charge in [0.2, 0.25) is 5.91 Å². The Hall–Kier alpha value is -2.14. The van der Waals surface area contributed by atoms with Crippen LogP contribution in [0.5, 0.6) is 0 Å². The van der Waals surface area contributed by atoms with Crippen LogP contribution in [0.4, 0.5) is 5.69 Å². The van der Waals surface area contributed by atoms with E-state index < -0.39 is 0 Å². The van der Waals surface area contributed by atoms with Gasteiger partial charge in [0.15, 0.2) is 0 Å². The predicted octanol–water partition coefficient (Wildman–Crippen LogP) is 1.86. The number of carbonyl (C=O) groups excluding carboxylic acids is 1. The number of aromatic nitrogens is 2. The zero-order valence-electron chi connectivity index (χ0n) is 12.1. The Kier molecular flexibility index (Phi) is 4.53. The molecule has 0 fully saturated rings. The van der Waals surface area contributed by atoms with Crippen molar-refractivity contribution in [2.45, 2.75) is 26.9 Å². The third-order valence-electron chi connectivity index (χ3n) is 3.24. The summed E-state index contributed by atoms with van der Waals surface area (Å²) in [5.41, 5.74) is 3.94. The molecule has 0 atom stereocenters. The normalized spacial score (nSPS) is 10.6. The van der Waals surface area contributed by atoms with Crippen LogP contribution < -0.4 is 10.6 Å². The molecule has 1 heterocycles. The molecular formula is C15H20N4O. The van der Waals surface area contributed by atoms with E-state index in [0.29, 0.717) is 0 Å². The molecule has 0 spiro atoms. The van der Waals surface area contributed by atoms with Crippen molar-refractivity contribution in [3.63, 3.8) is 0 Å². The van der Waals surface area contributed by atoms with E-state index in [0.717, 1.165) is 29.2 Å². The fourth-order valence-corrected chi connectivity index (χ4v) is 2.18. The second kappa shape index (κ2) is 6.34. The fraction of sp³-hybridized carbons (Fsp3) is 0.333.